The number of nitrogens with zero attached hydrogens (tertiary/aromatic N) is 5. The van der Waals surface area contributed by atoms with Crippen LogP contribution in [0.4, 0.5) is 5.82 Å². The summed E-state index contributed by atoms with van der Waals surface area (Å²) in [7, 11) is 1.79. The first-order valence-corrected chi connectivity index (χ1v) is 7.78. The van der Waals surface area contributed by atoms with E-state index in [0.717, 1.165) is 0 Å². The molecule has 1 aliphatic heterocycles. The largest absolute Gasteiger partial charge is 0.339 e. The van der Waals surface area contributed by atoms with Gasteiger partial charge in [-0.2, -0.15) is 10.2 Å². The van der Waals surface area contributed by atoms with Crippen molar-refractivity contribution in [2.75, 3.05) is 18.4 Å². The molecule has 0 saturated carbocycles. The molecule has 1 N–H and O–H groups in total. The van der Waals surface area contributed by atoms with Crippen LogP contribution in [0.25, 0.3) is 0 Å². The van der Waals surface area contributed by atoms with Gasteiger partial charge in [0.2, 0.25) is 5.91 Å². The Morgan fingerprint density at radius 3 is 2.62 bits per heavy atom. The molecule has 0 spiro atoms. The molecule has 1 fully saturated rings. The zero-order chi connectivity index (χ0) is 17.2. The van der Waals surface area contributed by atoms with Crippen LogP contribution in [0.15, 0.2) is 43.4 Å². The van der Waals surface area contributed by atoms with Crippen LogP contribution >= 0.6 is 0 Å². The van der Waals surface area contributed by atoms with Crippen molar-refractivity contribution < 1.29 is 9.59 Å². The minimum atomic E-state index is -0.834. The lowest BCUT2D eigenvalue weighted by Gasteiger charge is -2.40. The van der Waals surface area contributed by atoms with Crippen LogP contribution in [0.5, 0.6) is 0 Å². The van der Waals surface area contributed by atoms with E-state index in [9.17, 15) is 9.59 Å². The highest BCUT2D eigenvalue weighted by atomic mass is 16.2. The molecule has 126 valence electrons. The maximum atomic E-state index is 13.0. The number of hydrogen-bond acceptors (Lipinski definition) is 4. The highest BCUT2D eigenvalue weighted by Crippen LogP contribution is 2.31. The summed E-state index contributed by atoms with van der Waals surface area (Å²) in [6.07, 6.45) is 7.45. The molecule has 8 heteroatoms. The summed E-state index contributed by atoms with van der Waals surface area (Å²) in [5, 5.41) is 11.3. The van der Waals surface area contributed by atoms with E-state index in [0.29, 0.717) is 31.7 Å². The second kappa shape index (κ2) is 6.31. The molecule has 2 aromatic rings. The summed E-state index contributed by atoms with van der Waals surface area (Å²) in [5.41, 5.74) is -0.834. The maximum absolute atomic E-state index is 13.0. The summed E-state index contributed by atoms with van der Waals surface area (Å²) < 4.78 is 3.31. The lowest BCUT2D eigenvalue weighted by molar-refractivity contribution is -0.134. The van der Waals surface area contributed by atoms with Gasteiger partial charge in [-0.3, -0.25) is 19.0 Å². The number of piperidine rings is 1. The molecule has 3 rings (SSSR count). The number of rotatable bonds is 4. The molecule has 0 aromatic carbocycles. The fourth-order valence-electron chi connectivity index (χ4n) is 3.02. The summed E-state index contributed by atoms with van der Waals surface area (Å²) in [5.74, 6) is 0.212. The first kappa shape index (κ1) is 16.0. The van der Waals surface area contributed by atoms with Crippen molar-refractivity contribution >= 4 is 17.6 Å². The Bertz CT molecular complexity index is 740. The van der Waals surface area contributed by atoms with Gasteiger partial charge in [0.15, 0.2) is 5.82 Å². The predicted octanol–water partition coefficient (Wildman–Crippen LogP) is 0.759. The van der Waals surface area contributed by atoms with E-state index >= 15 is 0 Å². The lowest BCUT2D eigenvalue weighted by atomic mass is 9.86. The van der Waals surface area contributed by atoms with Crippen LogP contribution in [-0.4, -0.2) is 49.4 Å². The molecule has 0 aliphatic carbocycles. The van der Waals surface area contributed by atoms with Gasteiger partial charge in [-0.15, -0.1) is 0 Å². The fraction of sp³-hybridized carbons (Fsp3) is 0.375. The molecule has 1 saturated heterocycles. The fourth-order valence-corrected chi connectivity index (χ4v) is 3.02. The number of likely N-dealkylation sites (tertiary alicyclic amines) is 1. The third-order valence-corrected chi connectivity index (χ3v) is 4.40. The third-order valence-electron chi connectivity index (χ3n) is 4.40. The number of carbonyl (C=O) groups is 2. The third kappa shape index (κ3) is 2.82. The lowest BCUT2D eigenvalue weighted by Crippen LogP contribution is -2.54. The quantitative estimate of drug-likeness (QED) is 0.840. The van der Waals surface area contributed by atoms with Crippen LogP contribution in [0, 0.1) is 0 Å². The molecule has 0 radical (unpaired) electrons. The number of aryl methyl sites for hydroxylation is 1. The zero-order valence-electron chi connectivity index (χ0n) is 13.6. The van der Waals surface area contributed by atoms with Crippen molar-refractivity contribution in [1.29, 1.82) is 0 Å². The van der Waals surface area contributed by atoms with Crippen molar-refractivity contribution in [3.05, 3.63) is 43.4 Å². The minimum absolute atomic E-state index is 0.116. The minimum Gasteiger partial charge on any atom is -0.339 e. The Morgan fingerprint density at radius 1 is 1.33 bits per heavy atom. The Hall–Kier alpha value is -2.90. The van der Waals surface area contributed by atoms with Crippen molar-refractivity contribution in [2.24, 2.45) is 7.05 Å². The zero-order valence-corrected chi connectivity index (χ0v) is 13.6. The van der Waals surface area contributed by atoms with Crippen LogP contribution < -0.4 is 5.32 Å². The Morgan fingerprint density at radius 2 is 2.08 bits per heavy atom. The van der Waals surface area contributed by atoms with E-state index in [1.54, 1.807) is 52.0 Å². The van der Waals surface area contributed by atoms with Crippen molar-refractivity contribution in [3.63, 3.8) is 0 Å². The highest BCUT2D eigenvalue weighted by Gasteiger charge is 2.44. The van der Waals surface area contributed by atoms with Crippen molar-refractivity contribution in [3.8, 4) is 0 Å². The molecule has 8 nitrogen and oxygen atoms in total. The smallest absolute Gasteiger partial charge is 0.253 e. The van der Waals surface area contributed by atoms with E-state index in [1.165, 1.54) is 6.08 Å². The van der Waals surface area contributed by atoms with Gasteiger partial charge >= 0.3 is 0 Å². The van der Waals surface area contributed by atoms with Gasteiger partial charge in [0.1, 0.15) is 5.54 Å². The molecule has 0 atom stereocenters. The molecule has 2 amide bonds. The van der Waals surface area contributed by atoms with Crippen LogP contribution in [-0.2, 0) is 22.2 Å². The van der Waals surface area contributed by atoms with E-state index in [2.05, 4.69) is 22.1 Å². The van der Waals surface area contributed by atoms with Crippen LogP contribution in [0.3, 0.4) is 0 Å². The number of aromatic nitrogens is 4. The Labute approximate surface area is 139 Å². The molecule has 0 bridgehead atoms. The molecular formula is C16H20N6O2. The summed E-state index contributed by atoms with van der Waals surface area (Å²) in [4.78, 5) is 26.5. The van der Waals surface area contributed by atoms with E-state index < -0.39 is 5.54 Å². The van der Waals surface area contributed by atoms with Gasteiger partial charge in [0, 0.05) is 44.8 Å². The number of carbonyl (C=O) groups excluding carboxylic acids is 2. The summed E-state index contributed by atoms with van der Waals surface area (Å²) in [6.45, 7) is 4.46. The maximum Gasteiger partial charge on any atom is 0.253 e. The highest BCUT2D eigenvalue weighted by molar-refractivity contribution is 5.96. The first-order chi connectivity index (χ1) is 11.5. The SMILES string of the molecule is C=CC(=O)N1CCC(C(=O)Nc2ccn(C)n2)(n2cccn2)CC1. The molecule has 2 aromatic heterocycles. The van der Waals surface area contributed by atoms with Gasteiger partial charge < -0.3 is 10.2 Å². The normalized spacial score (nSPS) is 16.6. The molecular weight excluding hydrogens is 308 g/mol. The Balaban J connectivity index is 1.83. The van der Waals surface area contributed by atoms with Crippen LogP contribution in [0.2, 0.25) is 0 Å². The average Bonchev–Trinajstić information content (AvgIpc) is 3.26. The van der Waals surface area contributed by atoms with E-state index in [-0.39, 0.29) is 11.8 Å². The van der Waals surface area contributed by atoms with E-state index in [1.807, 2.05) is 0 Å². The van der Waals surface area contributed by atoms with Gasteiger partial charge in [0.25, 0.3) is 5.91 Å². The number of amides is 2. The second-order valence-electron chi connectivity index (χ2n) is 5.84. The van der Waals surface area contributed by atoms with Gasteiger partial charge in [-0.25, -0.2) is 0 Å². The predicted molar refractivity (Wildman–Crippen MR) is 88.0 cm³/mol. The monoisotopic (exact) mass is 328 g/mol. The standard InChI is InChI=1S/C16H20N6O2/c1-3-14(23)21-11-6-16(7-12-21,22-9-4-8-17-22)15(24)18-13-5-10-20(2)19-13/h3-5,8-10H,1,6-7,11-12H2,2H3,(H,18,19,24). The number of anilines is 1. The average molecular weight is 328 g/mol. The Kier molecular flexibility index (Phi) is 4.20. The van der Waals surface area contributed by atoms with Gasteiger partial charge in [-0.1, -0.05) is 6.58 Å². The first-order valence-electron chi connectivity index (χ1n) is 7.78. The topological polar surface area (TPSA) is 85.0 Å². The summed E-state index contributed by atoms with van der Waals surface area (Å²) in [6, 6.07) is 3.53. The second-order valence-corrected chi connectivity index (χ2v) is 5.84. The molecule has 0 unspecified atom stereocenters. The van der Waals surface area contributed by atoms with Crippen molar-refractivity contribution in [1.82, 2.24) is 24.5 Å². The summed E-state index contributed by atoms with van der Waals surface area (Å²) >= 11 is 0. The number of nitrogens with one attached hydrogen (secondary N) is 1. The van der Waals surface area contributed by atoms with Gasteiger partial charge in [-0.05, 0) is 25.0 Å². The van der Waals surface area contributed by atoms with Crippen LogP contribution in [0.1, 0.15) is 12.8 Å². The van der Waals surface area contributed by atoms with Crippen molar-refractivity contribution in [2.45, 2.75) is 18.4 Å². The van der Waals surface area contributed by atoms with E-state index in [4.69, 9.17) is 0 Å². The van der Waals surface area contributed by atoms with Gasteiger partial charge in [0.05, 0.1) is 0 Å². The molecule has 3 heterocycles. The molecule has 24 heavy (non-hydrogen) atoms. The molecule has 1 aliphatic rings. The number of hydrogen-bond donors (Lipinski definition) is 1.